The van der Waals surface area contributed by atoms with Crippen LogP contribution in [-0.2, 0) is 29.3 Å². The van der Waals surface area contributed by atoms with Crippen LogP contribution < -0.4 is 14.2 Å². The lowest BCUT2D eigenvalue weighted by Crippen LogP contribution is -2.67. The number of hydrogen-bond acceptors (Lipinski definition) is 10. The number of aromatic hydroxyl groups is 1. The van der Waals surface area contributed by atoms with E-state index in [1.165, 1.54) is 24.3 Å². The monoisotopic (exact) mass is 878 g/mol. The average Bonchev–Trinajstić information content (AvgIpc) is 3.29. The SMILES string of the molecule is CC[C@@H]1[C@@H](C)[C@H](OCc2ccccc2)[C@@H](OCc2ccccc2)[C@H](Oc2ccc(OCc3ccccc3)cc2)C1(F)F.OC[C@@H]1[C@@H](O)[C@H](O)[C@@H](O)[C@H](Oc2ccc(O)cc2)C1(F)F. The normalized spacial score (nSPS) is 27.3. The fraction of sp³-hybridized carbons (Fsp3) is 0.388. The molecule has 0 spiro atoms. The van der Waals surface area contributed by atoms with E-state index >= 15 is 8.78 Å². The Labute approximate surface area is 364 Å². The number of benzene rings is 5. The molecule has 14 heteroatoms. The van der Waals surface area contributed by atoms with Crippen LogP contribution in [0.4, 0.5) is 17.6 Å². The summed E-state index contributed by atoms with van der Waals surface area (Å²) < 4.78 is 90.7. The molecule has 338 valence electrons. The van der Waals surface area contributed by atoms with Gasteiger partial charge in [0, 0.05) is 5.92 Å². The quantitative estimate of drug-likeness (QED) is 0.0657. The van der Waals surface area contributed by atoms with Gasteiger partial charge in [-0.1, -0.05) is 105 Å². The highest BCUT2D eigenvalue weighted by molar-refractivity contribution is 5.33. The van der Waals surface area contributed by atoms with Gasteiger partial charge in [-0.25, -0.2) is 17.6 Å². The van der Waals surface area contributed by atoms with Crippen LogP contribution in [0.1, 0.15) is 37.0 Å². The van der Waals surface area contributed by atoms with Gasteiger partial charge in [0.25, 0.3) is 11.8 Å². The van der Waals surface area contributed by atoms with Gasteiger partial charge in [-0.3, -0.25) is 0 Å². The molecule has 0 aliphatic heterocycles. The van der Waals surface area contributed by atoms with Gasteiger partial charge in [-0.2, -0.15) is 0 Å². The molecule has 0 bridgehead atoms. The maximum absolute atomic E-state index is 16.3. The molecule has 2 aliphatic rings. The van der Waals surface area contributed by atoms with E-state index in [0.29, 0.717) is 24.7 Å². The zero-order valence-corrected chi connectivity index (χ0v) is 34.9. The first kappa shape index (κ1) is 47.3. The molecule has 5 aromatic rings. The van der Waals surface area contributed by atoms with Crippen molar-refractivity contribution in [1.82, 2.24) is 0 Å². The molecule has 5 N–H and O–H groups in total. The minimum absolute atomic E-state index is 0.0585. The molecular formula is C49H54F4O10. The number of hydrogen-bond donors (Lipinski definition) is 5. The van der Waals surface area contributed by atoms with Crippen molar-refractivity contribution in [1.29, 1.82) is 0 Å². The van der Waals surface area contributed by atoms with Gasteiger partial charge in [-0.05, 0) is 77.6 Å². The van der Waals surface area contributed by atoms with E-state index < -0.39 is 78.9 Å². The van der Waals surface area contributed by atoms with Crippen molar-refractivity contribution in [2.45, 2.75) is 94.7 Å². The number of aliphatic hydroxyl groups excluding tert-OH is 4. The van der Waals surface area contributed by atoms with Crippen molar-refractivity contribution in [3.05, 3.63) is 156 Å². The number of halogens is 4. The van der Waals surface area contributed by atoms with Gasteiger partial charge in [0.15, 0.2) is 12.2 Å². The maximum Gasteiger partial charge on any atom is 0.294 e. The topological polar surface area (TPSA) is 147 Å². The average molecular weight is 879 g/mol. The highest BCUT2D eigenvalue weighted by Gasteiger charge is 2.63. The van der Waals surface area contributed by atoms with Crippen molar-refractivity contribution in [2.24, 2.45) is 17.8 Å². The van der Waals surface area contributed by atoms with E-state index in [2.05, 4.69) is 0 Å². The standard InChI is InChI=1S/C36H38F2O4.C13H16F2O6/c1-3-32-26(2)33(40-24-28-15-9-5-10-16-28)34(41-25-29-17-11-6-12-18-29)35(36(32,37)38)42-31-21-19-30(20-22-31)39-23-27-13-7-4-8-14-27;14-13(15)8(5-16)9(18)10(19)11(20)12(13)21-7-3-1-6(17)2-4-7/h4-22,26,32-35H,3,23-25H2,1-2H3;1-4,8-12,16-20H,5H2/t26-,32-,33+,34-,35+;8-,9-,10+,11-,12+/m11/s1. The smallest absolute Gasteiger partial charge is 0.294 e. The molecule has 0 saturated heterocycles. The van der Waals surface area contributed by atoms with E-state index in [0.717, 1.165) is 16.7 Å². The Morgan fingerprint density at radius 2 is 0.937 bits per heavy atom. The van der Waals surface area contributed by atoms with Crippen molar-refractivity contribution in [3.63, 3.8) is 0 Å². The molecule has 63 heavy (non-hydrogen) atoms. The summed E-state index contributed by atoms with van der Waals surface area (Å²) in [5.74, 6) is -9.46. The van der Waals surface area contributed by atoms with Crippen LogP contribution in [0, 0.1) is 17.8 Å². The van der Waals surface area contributed by atoms with Gasteiger partial charge >= 0.3 is 0 Å². The van der Waals surface area contributed by atoms with E-state index in [4.69, 9.17) is 33.9 Å². The third-order valence-electron chi connectivity index (χ3n) is 11.6. The van der Waals surface area contributed by atoms with Crippen molar-refractivity contribution < 1.29 is 66.8 Å². The van der Waals surface area contributed by atoms with E-state index in [-0.39, 0.29) is 24.5 Å². The predicted molar refractivity (Wildman–Crippen MR) is 226 cm³/mol. The van der Waals surface area contributed by atoms with Crippen molar-refractivity contribution in [3.8, 4) is 23.0 Å². The second-order valence-corrected chi connectivity index (χ2v) is 15.8. The number of alkyl halides is 4. The minimum Gasteiger partial charge on any atom is -0.508 e. The molecule has 10 atom stereocenters. The van der Waals surface area contributed by atoms with E-state index in [1.54, 1.807) is 31.2 Å². The fourth-order valence-electron chi connectivity index (χ4n) is 8.07. The summed E-state index contributed by atoms with van der Waals surface area (Å²) in [6.45, 7) is 3.43. The number of aliphatic hydroxyl groups is 4. The zero-order valence-electron chi connectivity index (χ0n) is 34.9. The molecule has 0 amide bonds. The summed E-state index contributed by atoms with van der Waals surface area (Å²) in [6.07, 6.45) is -10.9. The van der Waals surface area contributed by atoms with Crippen LogP contribution in [-0.4, -0.2) is 86.7 Å². The Morgan fingerprint density at radius 1 is 0.508 bits per heavy atom. The molecule has 0 radical (unpaired) electrons. The Balaban J connectivity index is 0.000000264. The maximum atomic E-state index is 16.3. The third-order valence-corrected chi connectivity index (χ3v) is 11.6. The molecule has 0 unspecified atom stereocenters. The largest absolute Gasteiger partial charge is 0.508 e. The summed E-state index contributed by atoms with van der Waals surface area (Å²) in [5.41, 5.74) is 2.91. The first-order chi connectivity index (χ1) is 30.2. The molecule has 7 rings (SSSR count). The molecule has 2 aliphatic carbocycles. The molecule has 2 saturated carbocycles. The molecule has 0 heterocycles. The van der Waals surface area contributed by atoms with Crippen LogP contribution in [0.3, 0.4) is 0 Å². The Morgan fingerprint density at radius 3 is 1.43 bits per heavy atom. The summed E-state index contributed by atoms with van der Waals surface area (Å²) in [7, 11) is 0. The van der Waals surface area contributed by atoms with Crippen LogP contribution in [0.25, 0.3) is 0 Å². The molecule has 0 aromatic heterocycles. The summed E-state index contributed by atoms with van der Waals surface area (Å²) in [6, 6.07) is 40.8. The highest BCUT2D eigenvalue weighted by atomic mass is 19.3. The van der Waals surface area contributed by atoms with E-state index in [9.17, 15) is 24.1 Å². The number of ether oxygens (including phenoxy) is 5. The van der Waals surface area contributed by atoms with Crippen LogP contribution in [0.5, 0.6) is 23.0 Å². The van der Waals surface area contributed by atoms with Gasteiger partial charge in [0.05, 0.1) is 37.9 Å². The third kappa shape index (κ3) is 11.5. The van der Waals surface area contributed by atoms with Crippen LogP contribution >= 0.6 is 0 Å². The molecule has 10 nitrogen and oxygen atoms in total. The first-order valence-electron chi connectivity index (χ1n) is 20.8. The predicted octanol–water partition coefficient (Wildman–Crippen LogP) is 7.97. The van der Waals surface area contributed by atoms with Gasteiger partial charge in [0.2, 0.25) is 0 Å². The van der Waals surface area contributed by atoms with Gasteiger partial charge in [-0.15, -0.1) is 0 Å². The molecular weight excluding hydrogens is 825 g/mol. The summed E-state index contributed by atoms with van der Waals surface area (Å²) in [5, 5.41) is 47.0. The second kappa shape index (κ2) is 21.4. The molecule has 2 fully saturated rings. The summed E-state index contributed by atoms with van der Waals surface area (Å²) >= 11 is 0. The van der Waals surface area contributed by atoms with Gasteiger partial charge in [0.1, 0.15) is 47.9 Å². The minimum atomic E-state index is -3.76. The zero-order chi connectivity index (χ0) is 45.1. The lowest BCUT2D eigenvalue weighted by Gasteiger charge is -2.49. The molecule has 5 aromatic carbocycles. The van der Waals surface area contributed by atoms with Crippen LogP contribution in [0.2, 0.25) is 0 Å². The first-order valence-corrected chi connectivity index (χ1v) is 20.8. The second-order valence-electron chi connectivity index (χ2n) is 15.8. The number of phenolic OH excluding ortho intramolecular Hbond substituents is 1. The number of phenols is 1. The Bertz CT molecular complexity index is 2100. The highest BCUT2D eigenvalue weighted by Crippen LogP contribution is 2.48. The lowest BCUT2D eigenvalue weighted by atomic mass is 9.71. The number of rotatable bonds is 15. The fourth-order valence-corrected chi connectivity index (χ4v) is 8.07. The summed E-state index contributed by atoms with van der Waals surface area (Å²) in [4.78, 5) is 0. The van der Waals surface area contributed by atoms with E-state index in [1.807, 2.05) is 97.9 Å². The van der Waals surface area contributed by atoms with Crippen molar-refractivity contribution in [2.75, 3.05) is 6.61 Å². The Hall–Kier alpha value is -5.22. The van der Waals surface area contributed by atoms with Crippen molar-refractivity contribution >= 4 is 0 Å². The Kier molecular flexibility index (Phi) is 16.1. The van der Waals surface area contributed by atoms with Gasteiger partial charge < -0.3 is 49.2 Å². The lowest BCUT2D eigenvalue weighted by molar-refractivity contribution is -0.267. The van der Waals surface area contributed by atoms with Crippen LogP contribution in [0.15, 0.2) is 140 Å².